The van der Waals surface area contributed by atoms with Crippen LogP contribution in [0.4, 0.5) is 0 Å². The summed E-state index contributed by atoms with van der Waals surface area (Å²) in [6, 6.07) is 9.57. The number of hydrogen-bond acceptors (Lipinski definition) is 6. The van der Waals surface area contributed by atoms with Crippen molar-refractivity contribution in [2.75, 3.05) is 20.3 Å². The van der Waals surface area contributed by atoms with Crippen LogP contribution in [-0.2, 0) is 16.1 Å². The molecule has 2 aromatic heterocycles. The first-order valence-corrected chi connectivity index (χ1v) is 8.61. The van der Waals surface area contributed by atoms with Gasteiger partial charge in [0, 0.05) is 19.2 Å². The highest BCUT2D eigenvalue weighted by Crippen LogP contribution is 2.29. The third-order valence-electron chi connectivity index (χ3n) is 3.58. The van der Waals surface area contributed by atoms with Gasteiger partial charge in [-0.05, 0) is 6.92 Å². The molecule has 0 saturated carbocycles. The summed E-state index contributed by atoms with van der Waals surface area (Å²) in [5, 5.41) is 7.91. The molecular weight excluding hydrogens is 340 g/mol. The largest absolute Gasteiger partial charge is 0.383 e. The van der Waals surface area contributed by atoms with Crippen molar-refractivity contribution in [3.63, 3.8) is 0 Å². The van der Waals surface area contributed by atoms with Crippen LogP contribution in [-0.4, -0.2) is 40.9 Å². The highest BCUT2D eigenvalue weighted by atomic mass is 32.1. The maximum Gasteiger partial charge on any atom is 0.294 e. The normalized spacial score (nSPS) is 11.0. The van der Waals surface area contributed by atoms with Crippen LogP contribution < -0.4 is 10.9 Å². The molecule has 3 rings (SSSR count). The number of nitrogens with zero attached hydrogens (tertiary/aromatic N) is 3. The number of carbonyl (C=O) groups is 1. The van der Waals surface area contributed by atoms with Crippen LogP contribution in [0.15, 0.2) is 35.1 Å². The van der Waals surface area contributed by atoms with Crippen LogP contribution in [0.2, 0.25) is 0 Å². The minimum atomic E-state index is -0.360. The van der Waals surface area contributed by atoms with E-state index in [4.69, 9.17) is 4.74 Å². The van der Waals surface area contributed by atoms with Crippen molar-refractivity contribution in [1.82, 2.24) is 20.1 Å². The van der Waals surface area contributed by atoms with Crippen LogP contribution in [0, 0.1) is 6.92 Å². The number of rotatable bonds is 6. The topological polar surface area (TPSA) is 86.1 Å². The van der Waals surface area contributed by atoms with Gasteiger partial charge in [0.05, 0.1) is 16.3 Å². The number of thiazole rings is 1. The lowest BCUT2D eigenvalue weighted by molar-refractivity contribution is -0.122. The molecule has 0 aliphatic heterocycles. The molecule has 0 fully saturated rings. The zero-order valence-electron chi connectivity index (χ0n) is 14.0. The van der Waals surface area contributed by atoms with E-state index in [9.17, 15) is 9.59 Å². The Morgan fingerprint density at radius 1 is 1.32 bits per heavy atom. The van der Waals surface area contributed by atoms with Crippen molar-refractivity contribution in [2.45, 2.75) is 13.5 Å². The van der Waals surface area contributed by atoms with Gasteiger partial charge in [-0.15, -0.1) is 11.3 Å². The minimum absolute atomic E-state index is 0.158. The second-order valence-electron chi connectivity index (χ2n) is 5.43. The summed E-state index contributed by atoms with van der Waals surface area (Å²) >= 11 is 1.43. The molecule has 1 aromatic carbocycles. The first-order chi connectivity index (χ1) is 12.1. The van der Waals surface area contributed by atoms with Gasteiger partial charge in [-0.1, -0.05) is 30.3 Å². The van der Waals surface area contributed by atoms with Gasteiger partial charge in [0.2, 0.25) is 5.91 Å². The fourth-order valence-corrected chi connectivity index (χ4v) is 3.36. The Hall–Kier alpha value is -2.58. The quantitative estimate of drug-likeness (QED) is 0.676. The van der Waals surface area contributed by atoms with Crippen molar-refractivity contribution in [3.8, 4) is 11.3 Å². The number of aryl methyl sites for hydroxylation is 1. The van der Waals surface area contributed by atoms with E-state index in [1.54, 1.807) is 7.11 Å². The summed E-state index contributed by atoms with van der Waals surface area (Å²) < 4.78 is 6.81. The molecule has 1 N–H and O–H groups in total. The molecule has 0 aliphatic rings. The molecule has 0 saturated heterocycles. The van der Waals surface area contributed by atoms with Gasteiger partial charge >= 0.3 is 0 Å². The minimum Gasteiger partial charge on any atom is -0.383 e. The van der Waals surface area contributed by atoms with Crippen LogP contribution in [0.1, 0.15) is 5.01 Å². The van der Waals surface area contributed by atoms with Gasteiger partial charge in [0.25, 0.3) is 5.56 Å². The van der Waals surface area contributed by atoms with Crippen molar-refractivity contribution in [1.29, 1.82) is 0 Å². The zero-order valence-corrected chi connectivity index (χ0v) is 14.8. The summed E-state index contributed by atoms with van der Waals surface area (Å²) in [5.74, 6) is -0.294. The molecule has 2 heterocycles. The van der Waals surface area contributed by atoms with E-state index in [2.05, 4.69) is 15.4 Å². The third kappa shape index (κ3) is 3.75. The Kier molecular flexibility index (Phi) is 5.20. The number of amides is 1. The van der Waals surface area contributed by atoms with Crippen LogP contribution in [0.3, 0.4) is 0 Å². The number of fused-ring (bicyclic) bond motifs is 1. The summed E-state index contributed by atoms with van der Waals surface area (Å²) in [6.07, 6.45) is 0. The van der Waals surface area contributed by atoms with Crippen molar-refractivity contribution < 1.29 is 9.53 Å². The third-order valence-corrected chi connectivity index (χ3v) is 4.55. The van der Waals surface area contributed by atoms with Crippen LogP contribution in [0.5, 0.6) is 0 Å². The number of nitrogens with one attached hydrogen (secondary N) is 1. The van der Waals surface area contributed by atoms with Gasteiger partial charge in [-0.3, -0.25) is 9.59 Å². The maximum atomic E-state index is 12.6. The Balaban J connectivity index is 2.03. The molecule has 0 bridgehead atoms. The van der Waals surface area contributed by atoms with Crippen molar-refractivity contribution >= 4 is 27.5 Å². The molecule has 0 unspecified atom stereocenters. The summed E-state index contributed by atoms with van der Waals surface area (Å²) in [5.41, 5.74) is 1.53. The SMILES string of the molecule is COCCNC(=O)Cn1nc(-c2ccccc2)c2sc(C)nc2c1=O. The number of methoxy groups -OCH3 is 1. The molecule has 0 aliphatic carbocycles. The lowest BCUT2D eigenvalue weighted by Crippen LogP contribution is -2.35. The predicted octanol–water partition coefficient (Wildman–Crippen LogP) is 1.59. The van der Waals surface area contributed by atoms with E-state index in [-0.39, 0.29) is 18.0 Å². The molecule has 0 radical (unpaired) electrons. The van der Waals surface area contributed by atoms with Gasteiger partial charge in [-0.2, -0.15) is 5.10 Å². The molecule has 130 valence electrons. The van der Waals surface area contributed by atoms with E-state index in [0.717, 1.165) is 15.3 Å². The second kappa shape index (κ2) is 7.54. The van der Waals surface area contributed by atoms with Crippen molar-refractivity contribution in [3.05, 3.63) is 45.7 Å². The van der Waals surface area contributed by atoms with Crippen molar-refractivity contribution in [2.24, 2.45) is 0 Å². The maximum absolute atomic E-state index is 12.6. The van der Waals surface area contributed by atoms with Gasteiger partial charge < -0.3 is 10.1 Å². The van der Waals surface area contributed by atoms with E-state index in [1.165, 1.54) is 16.0 Å². The van der Waals surface area contributed by atoms with Crippen LogP contribution in [0.25, 0.3) is 21.5 Å². The summed E-state index contributed by atoms with van der Waals surface area (Å²) in [7, 11) is 1.56. The van der Waals surface area contributed by atoms with Crippen LogP contribution >= 0.6 is 11.3 Å². The monoisotopic (exact) mass is 358 g/mol. The van der Waals surface area contributed by atoms with Gasteiger partial charge in [0.15, 0.2) is 5.52 Å². The molecular formula is C17H18N4O3S. The second-order valence-corrected chi connectivity index (χ2v) is 6.63. The number of ether oxygens (including phenoxy) is 1. The predicted molar refractivity (Wildman–Crippen MR) is 96.7 cm³/mol. The average Bonchev–Trinajstić information content (AvgIpc) is 3.00. The van der Waals surface area contributed by atoms with E-state index >= 15 is 0 Å². The Morgan fingerprint density at radius 2 is 2.08 bits per heavy atom. The first-order valence-electron chi connectivity index (χ1n) is 7.79. The van der Waals surface area contributed by atoms with Gasteiger partial charge in [-0.25, -0.2) is 9.67 Å². The fourth-order valence-electron chi connectivity index (χ4n) is 2.44. The number of benzene rings is 1. The highest BCUT2D eigenvalue weighted by Gasteiger charge is 2.17. The Labute approximate surface area is 148 Å². The fraction of sp³-hybridized carbons (Fsp3) is 0.294. The summed E-state index contributed by atoms with van der Waals surface area (Å²) in [4.78, 5) is 29.0. The Bertz CT molecular complexity index is 950. The summed E-state index contributed by atoms with van der Waals surface area (Å²) in [6.45, 7) is 2.48. The van der Waals surface area contributed by atoms with E-state index in [1.807, 2.05) is 37.3 Å². The molecule has 8 heteroatoms. The standard InChI is InChI=1S/C17H18N4O3S/c1-11-19-15-16(25-11)14(12-6-4-3-5-7-12)20-21(17(15)23)10-13(22)18-8-9-24-2/h3-7H,8-10H2,1-2H3,(H,18,22). The first kappa shape index (κ1) is 17.2. The number of carbonyl (C=O) groups excluding carboxylic acids is 1. The zero-order chi connectivity index (χ0) is 17.8. The molecule has 0 spiro atoms. The molecule has 1 amide bonds. The lowest BCUT2D eigenvalue weighted by Gasteiger charge is -2.09. The van der Waals surface area contributed by atoms with E-state index < -0.39 is 0 Å². The van der Waals surface area contributed by atoms with Gasteiger partial charge in [0.1, 0.15) is 12.2 Å². The van der Waals surface area contributed by atoms with E-state index in [0.29, 0.717) is 24.4 Å². The highest BCUT2D eigenvalue weighted by molar-refractivity contribution is 7.19. The number of aromatic nitrogens is 3. The molecule has 3 aromatic rings. The Morgan fingerprint density at radius 3 is 2.80 bits per heavy atom. The number of hydrogen-bond donors (Lipinski definition) is 1. The smallest absolute Gasteiger partial charge is 0.294 e. The lowest BCUT2D eigenvalue weighted by atomic mass is 10.1. The average molecular weight is 358 g/mol. The molecule has 0 atom stereocenters. The molecule has 25 heavy (non-hydrogen) atoms. The molecule has 7 nitrogen and oxygen atoms in total.